The topological polar surface area (TPSA) is 24.5 Å². The highest BCUT2D eigenvalue weighted by atomic mass is 35.5. The molecule has 3 nitrogen and oxygen atoms in total. The standard InChI is InChI=1S/C17H17ClN2OS2/c18-13-3-5-14(6-4-13)19-17(22)12-15(16-2-1-11-23-16)20-7-9-21-10-8-20/h1-6,11-12H,7-10H2,(H,19,22)/b15-12-. The van der Waals surface area contributed by atoms with Crippen molar-refractivity contribution in [3.05, 3.63) is 57.8 Å². The van der Waals surface area contributed by atoms with E-state index < -0.39 is 0 Å². The molecular weight excluding hydrogens is 348 g/mol. The number of hydrogen-bond acceptors (Lipinski definition) is 4. The van der Waals surface area contributed by atoms with Gasteiger partial charge in [-0.15, -0.1) is 11.3 Å². The van der Waals surface area contributed by atoms with E-state index in [1.54, 1.807) is 11.3 Å². The Kier molecular flexibility index (Phi) is 5.67. The number of benzene rings is 1. The van der Waals surface area contributed by atoms with Gasteiger partial charge in [-0.3, -0.25) is 0 Å². The lowest BCUT2D eigenvalue weighted by Crippen LogP contribution is -2.35. The summed E-state index contributed by atoms with van der Waals surface area (Å²) >= 11 is 13.1. The molecule has 1 aliphatic heterocycles. The van der Waals surface area contributed by atoms with Crippen molar-refractivity contribution in [3.8, 4) is 0 Å². The number of ether oxygens (including phenoxy) is 1. The quantitative estimate of drug-likeness (QED) is 0.637. The zero-order valence-electron chi connectivity index (χ0n) is 12.5. The molecule has 1 N–H and O–H groups in total. The molecule has 2 aromatic rings. The van der Waals surface area contributed by atoms with E-state index in [1.165, 1.54) is 4.88 Å². The Labute approximate surface area is 150 Å². The third kappa shape index (κ3) is 4.54. The number of hydrogen-bond donors (Lipinski definition) is 1. The van der Waals surface area contributed by atoms with E-state index >= 15 is 0 Å². The van der Waals surface area contributed by atoms with Gasteiger partial charge in [-0.05, 0) is 41.8 Å². The summed E-state index contributed by atoms with van der Waals surface area (Å²) in [7, 11) is 0. The van der Waals surface area contributed by atoms with E-state index in [9.17, 15) is 0 Å². The Morgan fingerprint density at radius 2 is 1.96 bits per heavy atom. The van der Waals surface area contributed by atoms with Crippen molar-refractivity contribution in [2.75, 3.05) is 31.6 Å². The molecule has 0 amide bonds. The first-order valence-corrected chi connectivity index (χ1v) is 9.04. The molecule has 1 saturated heterocycles. The number of thiophene rings is 1. The number of thiocarbonyl (C=S) groups is 1. The van der Waals surface area contributed by atoms with Crippen LogP contribution in [0.1, 0.15) is 4.88 Å². The van der Waals surface area contributed by atoms with Crippen LogP contribution in [0, 0.1) is 0 Å². The van der Waals surface area contributed by atoms with Gasteiger partial charge in [-0.25, -0.2) is 0 Å². The number of halogens is 1. The summed E-state index contributed by atoms with van der Waals surface area (Å²) in [6, 6.07) is 11.7. The number of anilines is 1. The molecule has 1 aromatic heterocycles. The molecular formula is C17H17ClN2OS2. The second kappa shape index (κ2) is 7.93. The van der Waals surface area contributed by atoms with Gasteiger partial charge in [-0.2, -0.15) is 0 Å². The van der Waals surface area contributed by atoms with Gasteiger partial charge < -0.3 is 15.0 Å². The second-order valence-electron chi connectivity index (χ2n) is 5.10. The fourth-order valence-electron chi connectivity index (χ4n) is 2.38. The number of rotatable bonds is 4. The molecule has 1 fully saturated rings. The second-order valence-corrected chi connectivity index (χ2v) is 6.93. The van der Waals surface area contributed by atoms with Crippen molar-refractivity contribution in [2.45, 2.75) is 0 Å². The Balaban J connectivity index is 1.79. The molecule has 1 aliphatic rings. The zero-order valence-corrected chi connectivity index (χ0v) is 14.9. The lowest BCUT2D eigenvalue weighted by atomic mass is 10.2. The van der Waals surface area contributed by atoms with Crippen LogP contribution in [0.5, 0.6) is 0 Å². The maximum absolute atomic E-state index is 5.91. The van der Waals surface area contributed by atoms with Crippen molar-refractivity contribution in [2.24, 2.45) is 0 Å². The molecule has 1 aromatic carbocycles. The molecule has 0 radical (unpaired) electrons. The minimum Gasteiger partial charge on any atom is -0.378 e. The monoisotopic (exact) mass is 364 g/mol. The maximum Gasteiger partial charge on any atom is 0.105 e. The van der Waals surface area contributed by atoms with Crippen LogP contribution in [0.4, 0.5) is 5.69 Å². The molecule has 0 saturated carbocycles. The van der Waals surface area contributed by atoms with Crippen LogP contribution in [0.25, 0.3) is 5.70 Å². The van der Waals surface area contributed by atoms with Crippen LogP contribution in [0.3, 0.4) is 0 Å². The van der Waals surface area contributed by atoms with Gasteiger partial charge in [0, 0.05) is 23.8 Å². The Bertz CT molecular complexity index is 677. The first kappa shape index (κ1) is 16.5. The maximum atomic E-state index is 5.91. The minimum atomic E-state index is 0.683. The number of nitrogens with zero attached hydrogens (tertiary/aromatic N) is 1. The fourth-order valence-corrected chi connectivity index (χ4v) is 3.51. The summed E-state index contributed by atoms with van der Waals surface area (Å²) in [6.07, 6.45) is 2.03. The van der Waals surface area contributed by atoms with E-state index in [4.69, 9.17) is 28.6 Å². The van der Waals surface area contributed by atoms with Gasteiger partial charge in [0.1, 0.15) is 4.99 Å². The number of nitrogens with one attached hydrogen (secondary N) is 1. The van der Waals surface area contributed by atoms with E-state index in [-0.39, 0.29) is 0 Å². The SMILES string of the molecule is S=C(/C=C(/c1cccs1)N1CCOCC1)Nc1ccc(Cl)cc1. The molecule has 2 heterocycles. The summed E-state index contributed by atoms with van der Waals surface area (Å²) in [5.41, 5.74) is 2.08. The van der Waals surface area contributed by atoms with Crippen molar-refractivity contribution >= 4 is 51.5 Å². The average Bonchev–Trinajstić information content (AvgIpc) is 3.10. The third-order valence-electron chi connectivity index (χ3n) is 3.50. The van der Waals surface area contributed by atoms with Gasteiger partial charge in [0.05, 0.1) is 23.8 Å². The molecule has 120 valence electrons. The van der Waals surface area contributed by atoms with E-state index in [2.05, 4.69) is 27.7 Å². The molecule has 0 bridgehead atoms. The molecule has 6 heteroatoms. The van der Waals surface area contributed by atoms with Crippen LogP contribution < -0.4 is 5.32 Å². The third-order valence-corrected chi connectivity index (χ3v) is 4.87. The lowest BCUT2D eigenvalue weighted by molar-refractivity contribution is 0.0641. The predicted octanol–water partition coefficient (Wildman–Crippen LogP) is 4.51. The molecule has 0 spiro atoms. The highest BCUT2D eigenvalue weighted by Crippen LogP contribution is 2.25. The van der Waals surface area contributed by atoms with Crippen LogP contribution in [-0.2, 0) is 4.74 Å². The fraction of sp³-hybridized carbons (Fsp3) is 0.235. The van der Waals surface area contributed by atoms with Crippen LogP contribution >= 0.6 is 35.2 Å². The normalized spacial score (nSPS) is 15.5. The van der Waals surface area contributed by atoms with Gasteiger partial charge in [-0.1, -0.05) is 29.9 Å². The molecule has 0 atom stereocenters. The summed E-state index contributed by atoms with van der Waals surface area (Å²) < 4.78 is 5.45. The summed E-state index contributed by atoms with van der Waals surface area (Å²) in [4.78, 5) is 4.22. The molecule has 3 rings (SSSR count). The Morgan fingerprint density at radius 3 is 2.61 bits per heavy atom. The Hall–Kier alpha value is -1.40. The summed E-state index contributed by atoms with van der Waals surface area (Å²) in [5, 5.41) is 6.04. The van der Waals surface area contributed by atoms with Crippen LogP contribution in [-0.4, -0.2) is 36.2 Å². The number of morpholine rings is 1. The predicted molar refractivity (Wildman–Crippen MR) is 102 cm³/mol. The lowest BCUT2D eigenvalue weighted by Gasteiger charge is -2.30. The van der Waals surface area contributed by atoms with E-state index in [0.717, 1.165) is 37.7 Å². The highest BCUT2D eigenvalue weighted by Gasteiger charge is 2.16. The Morgan fingerprint density at radius 1 is 1.22 bits per heavy atom. The van der Waals surface area contributed by atoms with Gasteiger partial charge in [0.2, 0.25) is 0 Å². The average molecular weight is 365 g/mol. The van der Waals surface area contributed by atoms with Gasteiger partial charge >= 0.3 is 0 Å². The molecule has 0 aliphatic carbocycles. The van der Waals surface area contributed by atoms with Gasteiger partial charge in [0.15, 0.2) is 0 Å². The van der Waals surface area contributed by atoms with Gasteiger partial charge in [0.25, 0.3) is 0 Å². The highest BCUT2D eigenvalue weighted by molar-refractivity contribution is 7.81. The first-order chi connectivity index (χ1) is 11.2. The molecule has 23 heavy (non-hydrogen) atoms. The zero-order chi connectivity index (χ0) is 16.1. The van der Waals surface area contributed by atoms with Crippen molar-refractivity contribution in [1.29, 1.82) is 0 Å². The van der Waals surface area contributed by atoms with E-state index in [1.807, 2.05) is 30.3 Å². The smallest absolute Gasteiger partial charge is 0.105 e. The first-order valence-electron chi connectivity index (χ1n) is 7.37. The summed E-state index contributed by atoms with van der Waals surface area (Å²) in [6.45, 7) is 3.26. The summed E-state index contributed by atoms with van der Waals surface area (Å²) in [5.74, 6) is 0. The van der Waals surface area contributed by atoms with Crippen molar-refractivity contribution in [3.63, 3.8) is 0 Å². The van der Waals surface area contributed by atoms with E-state index in [0.29, 0.717) is 10.0 Å². The van der Waals surface area contributed by atoms with Crippen LogP contribution in [0.2, 0.25) is 5.02 Å². The molecule has 0 unspecified atom stereocenters. The van der Waals surface area contributed by atoms with Crippen LogP contribution in [0.15, 0.2) is 47.9 Å². The van der Waals surface area contributed by atoms with Crippen molar-refractivity contribution < 1.29 is 4.74 Å². The largest absolute Gasteiger partial charge is 0.378 e. The van der Waals surface area contributed by atoms with Crippen molar-refractivity contribution in [1.82, 2.24) is 4.90 Å². The minimum absolute atomic E-state index is 0.683.